The summed E-state index contributed by atoms with van der Waals surface area (Å²) >= 11 is 5.80. The topological polar surface area (TPSA) is 84.9 Å². The van der Waals surface area contributed by atoms with Gasteiger partial charge in [-0.2, -0.15) is 4.31 Å². The molecule has 1 fully saturated rings. The number of halogens is 1. The minimum Gasteiger partial charge on any atom is -0.448 e. The van der Waals surface area contributed by atoms with E-state index in [2.05, 4.69) is 5.32 Å². The Morgan fingerprint density at radius 2 is 1.76 bits per heavy atom. The first kappa shape index (κ1) is 20.0. The van der Waals surface area contributed by atoms with Crippen LogP contribution in [-0.4, -0.2) is 38.0 Å². The molecule has 0 saturated heterocycles. The van der Waals surface area contributed by atoms with Crippen LogP contribution < -0.4 is 14.8 Å². The molecule has 1 saturated carbocycles. The molecule has 1 aliphatic carbocycles. The molecule has 2 aliphatic rings. The summed E-state index contributed by atoms with van der Waals surface area (Å²) in [5, 5.41) is 3.15. The first-order valence-corrected chi connectivity index (χ1v) is 11.1. The Morgan fingerprint density at radius 1 is 1.10 bits per heavy atom. The van der Waals surface area contributed by atoms with Crippen LogP contribution >= 0.6 is 11.6 Å². The molecule has 1 aliphatic heterocycles. The summed E-state index contributed by atoms with van der Waals surface area (Å²) in [6.45, 7) is -0.330. The summed E-state index contributed by atoms with van der Waals surface area (Å²) in [6, 6.07) is 11.0. The quantitative estimate of drug-likeness (QED) is 0.773. The highest BCUT2D eigenvalue weighted by atomic mass is 35.5. The van der Waals surface area contributed by atoms with E-state index < -0.39 is 21.7 Å². The highest BCUT2D eigenvalue weighted by molar-refractivity contribution is 7.89. The van der Waals surface area contributed by atoms with E-state index in [0.717, 1.165) is 30.0 Å². The molecule has 1 heterocycles. The van der Waals surface area contributed by atoms with Crippen LogP contribution in [0.2, 0.25) is 5.02 Å². The summed E-state index contributed by atoms with van der Waals surface area (Å²) < 4.78 is 38.1. The van der Waals surface area contributed by atoms with E-state index in [-0.39, 0.29) is 11.4 Å². The molecule has 4 rings (SSSR count). The normalized spacial score (nSPS) is 17.1. The number of hydrogen-bond acceptors (Lipinski definition) is 5. The van der Waals surface area contributed by atoms with Crippen molar-refractivity contribution in [2.24, 2.45) is 0 Å². The Morgan fingerprint density at radius 3 is 2.45 bits per heavy atom. The largest absolute Gasteiger partial charge is 0.448 e. The number of fused-ring (bicyclic) bond motifs is 1. The number of amides is 1. The minimum absolute atomic E-state index is 0.0714. The number of ether oxygens (including phenoxy) is 2. The number of benzene rings is 2. The first-order valence-electron chi connectivity index (χ1n) is 9.31. The van der Waals surface area contributed by atoms with Crippen LogP contribution in [0.3, 0.4) is 0 Å². The number of sulfonamides is 1. The van der Waals surface area contributed by atoms with Gasteiger partial charge in [-0.15, -0.1) is 0 Å². The SMILES string of the molecule is CN(CC(=O)Nc1ccc2c(c1)OC1(CCCC1)O2)S(=O)(=O)c1ccc(Cl)cc1. The number of likely N-dealkylation sites (N-methyl/N-ethyl adjacent to an activating group) is 1. The van der Waals surface area contributed by atoms with Crippen LogP contribution in [0.4, 0.5) is 5.69 Å². The summed E-state index contributed by atoms with van der Waals surface area (Å²) in [4.78, 5) is 12.5. The first-order chi connectivity index (χ1) is 13.8. The van der Waals surface area contributed by atoms with Crippen LogP contribution in [0.1, 0.15) is 25.7 Å². The molecule has 29 heavy (non-hydrogen) atoms. The van der Waals surface area contributed by atoms with E-state index in [1.54, 1.807) is 18.2 Å². The third-order valence-corrected chi connectivity index (χ3v) is 7.14. The smallest absolute Gasteiger partial charge is 0.251 e. The van der Waals surface area contributed by atoms with Gasteiger partial charge in [0.15, 0.2) is 11.5 Å². The highest BCUT2D eigenvalue weighted by Crippen LogP contribution is 2.47. The van der Waals surface area contributed by atoms with Gasteiger partial charge in [-0.25, -0.2) is 8.42 Å². The van der Waals surface area contributed by atoms with Gasteiger partial charge < -0.3 is 14.8 Å². The van der Waals surface area contributed by atoms with E-state index in [4.69, 9.17) is 21.1 Å². The maximum atomic E-state index is 12.6. The predicted octanol–water partition coefficient (Wildman–Crippen LogP) is 3.64. The Bertz CT molecular complexity index is 1030. The van der Waals surface area contributed by atoms with E-state index in [1.807, 2.05) is 0 Å². The van der Waals surface area contributed by atoms with Gasteiger partial charge in [0.25, 0.3) is 5.79 Å². The number of nitrogens with one attached hydrogen (secondary N) is 1. The van der Waals surface area contributed by atoms with Crippen molar-refractivity contribution in [1.29, 1.82) is 0 Å². The van der Waals surface area contributed by atoms with Crippen LogP contribution in [0.25, 0.3) is 0 Å². The van der Waals surface area contributed by atoms with Crippen molar-refractivity contribution in [2.45, 2.75) is 36.4 Å². The Balaban J connectivity index is 1.41. The zero-order valence-corrected chi connectivity index (χ0v) is 17.4. The Labute approximate surface area is 174 Å². The maximum absolute atomic E-state index is 12.6. The fourth-order valence-corrected chi connectivity index (χ4v) is 4.82. The molecule has 1 spiro atoms. The van der Waals surface area contributed by atoms with Crippen molar-refractivity contribution >= 4 is 33.2 Å². The van der Waals surface area contributed by atoms with Crippen molar-refractivity contribution < 1.29 is 22.7 Å². The monoisotopic (exact) mass is 436 g/mol. The summed E-state index contributed by atoms with van der Waals surface area (Å²) in [7, 11) is -2.44. The van der Waals surface area contributed by atoms with E-state index in [9.17, 15) is 13.2 Å². The van der Waals surface area contributed by atoms with Crippen molar-refractivity contribution in [1.82, 2.24) is 4.31 Å². The number of carbonyl (C=O) groups excluding carboxylic acids is 1. The second-order valence-electron chi connectivity index (χ2n) is 7.25. The van der Waals surface area contributed by atoms with Gasteiger partial charge in [-0.05, 0) is 49.2 Å². The lowest BCUT2D eigenvalue weighted by molar-refractivity contribution is -0.116. The second kappa shape index (κ2) is 7.51. The number of anilines is 1. The average molecular weight is 437 g/mol. The van der Waals surface area contributed by atoms with Gasteiger partial charge >= 0.3 is 0 Å². The van der Waals surface area contributed by atoms with Crippen molar-refractivity contribution in [3.63, 3.8) is 0 Å². The maximum Gasteiger partial charge on any atom is 0.251 e. The zero-order chi connectivity index (χ0) is 20.6. The van der Waals surface area contributed by atoms with E-state index in [0.29, 0.717) is 22.2 Å². The fraction of sp³-hybridized carbons (Fsp3) is 0.350. The summed E-state index contributed by atoms with van der Waals surface area (Å²) in [5.74, 6) is 0.219. The lowest BCUT2D eigenvalue weighted by Crippen LogP contribution is -2.35. The molecule has 0 radical (unpaired) electrons. The molecule has 9 heteroatoms. The van der Waals surface area contributed by atoms with E-state index >= 15 is 0 Å². The molecule has 0 atom stereocenters. The Hall–Kier alpha value is -2.29. The van der Waals surface area contributed by atoms with E-state index in [1.165, 1.54) is 31.3 Å². The summed E-state index contributed by atoms with van der Waals surface area (Å²) in [6.07, 6.45) is 3.81. The van der Waals surface area contributed by atoms with Crippen molar-refractivity contribution in [2.75, 3.05) is 18.9 Å². The van der Waals surface area contributed by atoms with Gasteiger partial charge in [-0.3, -0.25) is 4.79 Å². The molecule has 154 valence electrons. The molecular weight excluding hydrogens is 416 g/mol. The average Bonchev–Trinajstić information content (AvgIpc) is 3.27. The second-order valence-corrected chi connectivity index (χ2v) is 9.73. The van der Waals surface area contributed by atoms with Gasteiger partial charge in [0, 0.05) is 36.7 Å². The third kappa shape index (κ3) is 4.05. The zero-order valence-electron chi connectivity index (χ0n) is 15.9. The van der Waals surface area contributed by atoms with Crippen LogP contribution in [0.5, 0.6) is 11.5 Å². The van der Waals surface area contributed by atoms with Crippen molar-refractivity contribution in [3.05, 3.63) is 47.5 Å². The van der Waals surface area contributed by atoms with Crippen LogP contribution in [-0.2, 0) is 14.8 Å². The van der Waals surface area contributed by atoms with Crippen LogP contribution in [0, 0.1) is 0 Å². The standard InChI is InChI=1S/C20H21ClN2O5S/c1-23(29(25,26)16-7-4-14(21)5-8-16)13-19(24)22-15-6-9-17-18(12-15)28-20(27-17)10-2-3-11-20/h4-9,12H,2-3,10-11,13H2,1H3,(H,22,24). The fourth-order valence-electron chi connectivity index (χ4n) is 3.56. The number of nitrogens with zero attached hydrogens (tertiary/aromatic N) is 1. The molecule has 2 aromatic rings. The highest BCUT2D eigenvalue weighted by Gasteiger charge is 2.44. The molecule has 0 unspecified atom stereocenters. The molecule has 1 amide bonds. The lowest BCUT2D eigenvalue weighted by atomic mass is 10.2. The van der Waals surface area contributed by atoms with Gasteiger partial charge in [0.05, 0.1) is 11.4 Å². The number of hydrogen-bond donors (Lipinski definition) is 1. The third-order valence-electron chi connectivity index (χ3n) is 5.07. The number of carbonyl (C=O) groups is 1. The molecule has 1 N–H and O–H groups in total. The number of rotatable bonds is 5. The molecule has 2 aromatic carbocycles. The minimum atomic E-state index is -3.80. The molecular formula is C20H21ClN2O5S. The molecule has 7 nitrogen and oxygen atoms in total. The van der Waals surface area contributed by atoms with Gasteiger partial charge in [0.1, 0.15) is 0 Å². The molecule has 0 bridgehead atoms. The van der Waals surface area contributed by atoms with Gasteiger partial charge in [-0.1, -0.05) is 11.6 Å². The predicted molar refractivity (Wildman–Crippen MR) is 109 cm³/mol. The van der Waals surface area contributed by atoms with Crippen LogP contribution in [0.15, 0.2) is 47.4 Å². The van der Waals surface area contributed by atoms with Crippen molar-refractivity contribution in [3.8, 4) is 11.5 Å². The summed E-state index contributed by atoms with van der Waals surface area (Å²) in [5.41, 5.74) is 0.518. The lowest BCUT2D eigenvalue weighted by Gasteiger charge is -2.21. The Kier molecular flexibility index (Phi) is 5.18. The van der Waals surface area contributed by atoms with Gasteiger partial charge in [0.2, 0.25) is 15.9 Å². The molecule has 0 aromatic heterocycles.